The van der Waals surface area contributed by atoms with Crippen LogP contribution in [0, 0.1) is 5.82 Å². The maximum Gasteiger partial charge on any atom is 0.250 e. The molecule has 0 unspecified atom stereocenters. The van der Waals surface area contributed by atoms with Crippen LogP contribution >= 0.6 is 0 Å². The summed E-state index contributed by atoms with van der Waals surface area (Å²) in [6, 6.07) is 3.66. The number of carbonyl (C=O) groups excluding carboxylic acids is 1. The molecule has 2 saturated carbocycles. The van der Waals surface area contributed by atoms with Gasteiger partial charge in [-0.3, -0.25) is 4.79 Å². The number of hydrogen-bond acceptors (Lipinski definition) is 3. The molecule has 5 heteroatoms. The van der Waals surface area contributed by atoms with E-state index < -0.39 is 11.7 Å². The molecule has 1 aromatic rings. The van der Waals surface area contributed by atoms with Crippen molar-refractivity contribution in [2.24, 2.45) is 5.73 Å². The van der Waals surface area contributed by atoms with Crippen LogP contribution in [-0.4, -0.2) is 18.0 Å². The molecule has 4 nitrogen and oxygen atoms in total. The highest BCUT2D eigenvalue weighted by molar-refractivity contribution is 5.99. The summed E-state index contributed by atoms with van der Waals surface area (Å²) in [4.78, 5) is 11.6. The molecular weight excluding hydrogens is 293 g/mol. The largest absolute Gasteiger partial charge is 0.382 e. The van der Waals surface area contributed by atoms with Gasteiger partial charge >= 0.3 is 0 Å². The normalized spacial score (nSPS) is 19.7. The molecule has 23 heavy (non-hydrogen) atoms. The van der Waals surface area contributed by atoms with Gasteiger partial charge in [-0.15, -0.1) is 0 Å². The molecule has 0 aromatic heterocycles. The fourth-order valence-electron chi connectivity index (χ4n) is 3.76. The van der Waals surface area contributed by atoms with E-state index in [1.807, 2.05) is 0 Å². The number of halogens is 1. The summed E-state index contributed by atoms with van der Waals surface area (Å²) in [7, 11) is 0. The number of carbonyl (C=O) groups is 1. The van der Waals surface area contributed by atoms with Crippen LogP contribution in [0.3, 0.4) is 0 Å². The Labute approximate surface area is 137 Å². The van der Waals surface area contributed by atoms with Gasteiger partial charge in [0.15, 0.2) is 0 Å². The van der Waals surface area contributed by atoms with E-state index in [0.29, 0.717) is 23.5 Å². The predicted octanol–water partition coefficient (Wildman–Crippen LogP) is 4.02. The van der Waals surface area contributed by atoms with Gasteiger partial charge in [-0.2, -0.15) is 0 Å². The monoisotopic (exact) mass is 319 g/mol. The summed E-state index contributed by atoms with van der Waals surface area (Å²) >= 11 is 0. The average Bonchev–Trinajstić information content (AvgIpc) is 3.04. The molecular formula is C18H26FN3O. The minimum Gasteiger partial charge on any atom is -0.382 e. The Balaban J connectivity index is 1.82. The number of benzene rings is 1. The first-order valence-corrected chi connectivity index (χ1v) is 8.80. The summed E-state index contributed by atoms with van der Waals surface area (Å²) < 4.78 is 14.4. The number of hydrogen-bond donors (Lipinski definition) is 3. The molecule has 4 N–H and O–H groups in total. The third-order valence-corrected chi connectivity index (χ3v) is 5.05. The zero-order chi connectivity index (χ0) is 16.2. The van der Waals surface area contributed by atoms with Crippen LogP contribution in [0.4, 0.5) is 15.8 Å². The van der Waals surface area contributed by atoms with Gasteiger partial charge < -0.3 is 16.4 Å². The summed E-state index contributed by atoms with van der Waals surface area (Å²) in [6.07, 6.45) is 10.3. The van der Waals surface area contributed by atoms with Crippen molar-refractivity contribution < 1.29 is 9.18 Å². The summed E-state index contributed by atoms with van der Waals surface area (Å²) in [6.45, 7) is 0. The molecule has 0 aliphatic heterocycles. The predicted molar refractivity (Wildman–Crippen MR) is 91.3 cm³/mol. The Morgan fingerprint density at radius 3 is 2.00 bits per heavy atom. The topological polar surface area (TPSA) is 67.2 Å². The first-order valence-electron chi connectivity index (χ1n) is 8.80. The van der Waals surface area contributed by atoms with Crippen LogP contribution in [0.1, 0.15) is 68.1 Å². The second-order valence-electron chi connectivity index (χ2n) is 6.85. The number of amides is 1. The molecule has 2 aliphatic carbocycles. The third-order valence-electron chi connectivity index (χ3n) is 5.05. The number of primary amides is 1. The maximum atomic E-state index is 14.4. The maximum absolute atomic E-state index is 14.4. The van der Waals surface area contributed by atoms with Crippen LogP contribution in [0.15, 0.2) is 12.1 Å². The molecule has 2 fully saturated rings. The standard InChI is InChI=1S/C18H26FN3O/c19-15-10-14(18(20)23)16(21-12-8-4-5-9-12)11-17(15)22-13-6-2-1-3-7-13/h10-13,21-22H,1-9H2,(H2,20,23). The van der Waals surface area contributed by atoms with Gasteiger partial charge in [-0.1, -0.05) is 32.1 Å². The molecule has 1 aromatic carbocycles. The van der Waals surface area contributed by atoms with E-state index in [2.05, 4.69) is 10.6 Å². The van der Waals surface area contributed by atoms with Gasteiger partial charge in [-0.25, -0.2) is 4.39 Å². The molecule has 3 rings (SSSR count). The number of rotatable bonds is 5. The van der Waals surface area contributed by atoms with Gasteiger partial charge in [-0.05, 0) is 37.8 Å². The van der Waals surface area contributed by atoms with Crippen molar-refractivity contribution in [3.05, 3.63) is 23.5 Å². The van der Waals surface area contributed by atoms with E-state index in [4.69, 9.17) is 5.73 Å². The number of anilines is 2. The highest BCUT2D eigenvalue weighted by Crippen LogP contribution is 2.30. The van der Waals surface area contributed by atoms with Crippen molar-refractivity contribution in [2.75, 3.05) is 10.6 Å². The van der Waals surface area contributed by atoms with Crippen molar-refractivity contribution >= 4 is 17.3 Å². The lowest BCUT2D eigenvalue weighted by molar-refractivity contribution is 0.100. The Morgan fingerprint density at radius 2 is 1.43 bits per heavy atom. The van der Waals surface area contributed by atoms with Gasteiger partial charge in [0.1, 0.15) is 5.82 Å². The van der Waals surface area contributed by atoms with Crippen LogP contribution in [0.5, 0.6) is 0 Å². The highest BCUT2D eigenvalue weighted by Gasteiger charge is 2.21. The van der Waals surface area contributed by atoms with Crippen molar-refractivity contribution in [3.8, 4) is 0 Å². The van der Waals surface area contributed by atoms with Crippen LogP contribution in [-0.2, 0) is 0 Å². The second kappa shape index (κ2) is 7.20. The Hall–Kier alpha value is -1.78. The molecule has 2 aliphatic rings. The quantitative estimate of drug-likeness (QED) is 0.768. The van der Waals surface area contributed by atoms with Crippen molar-refractivity contribution in [2.45, 2.75) is 69.9 Å². The highest BCUT2D eigenvalue weighted by atomic mass is 19.1. The van der Waals surface area contributed by atoms with Gasteiger partial charge in [0.05, 0.1) is 11.3 Å². The first kappa shape index (κ1) is 16.1. The fraction of sp³-hybridized carbons (Fsp3) is 0.611. The van der Waals surface area contributed by atoms with Crippen LogP contribution in [0.25, 0.3) is 0 Å². The van der Waals surface area contributed by atoms with Crippen LogP contribution < -0.4 is 16.4 Å². The van der Waals surface area contributed by atoms with Crippen molar-refractivity contribution in [1.82, 2.24) is 0 Å². The van der Waals surface area contributed by atoms with Gasteiger partial charge in [0.25, 0.3) is 5.91 Å². The molecule has 126 valence electrons. The Kier molecular flexibility index (Phi) is 5.03. The summed E-state index contributed by atoms with van der Waals surface area (Å²) in [5, 5.41) is 6.70. The molecule has 0 atom stereocenters. The lowest BCUT2D eigenvalue weighted by Crippen LogP contribution is -2.24. The van der Waals surface area contributed by atoms with E-state index in [9.17, 15) is 9.18 Å². The molecule has 0 saturated heterocycles. The molecule has 0 bridgehead atoms. The van der Waals surface area contributed by atoms with E-state index in [-0.39, 0.29) is 5.56 Å². The summed E-state index contributed by atoms with van der Waals surface area (Å²) in [5.41, 5.74) is 6.80. The lowest BCUT2D eigenvalue weighted by atomic mass is 9.95. The van der Waals surface area contributed by atoms with E-state index in [0.717, 1.165) is 25.7 Å². The fourth-order valence-corrected chi connectivity index (χ4v) is 3.76. The molecule has 0 spiro atoms. The van der Waals surface area contributed by atoms with E-state index in [1.165, 1.54) is 38.2 Å². The molecule has 1 amide bonds. The van der Waals surface area contributed by atoms with Crippen molar-refractivity contribution in [3.63, 3.8) is 0 Å². The summed E-state index contributed by atoms with van der Waals surface area (Å²) in [5.74, 6) is -0.991. The number of nitrogens with two attached hydrogens (primary N) is 1. The molecule has 0 heterocycles. The van der Waals surface area contributed by atoms with Gasteiger partial charge in [0, 0.05) is 17.8 Å². The molecule has 0 radical (unpaired) electrons. The number of nitrogens with one attached hydrogen (secondary N) is 2. The average molecular weight is 319 g/mol. The minimum atomic E-state index is -0.589. The van der Waals surface area contributed by atoms with Gasteiger partial charge in [0.2, 0.25) is 0 Å². The third kappa shape index (κ3) is 3.95. The zero-order valence-electron chi connectivity index (χ0n) is 13.5. The van der Waals surface area contributed by atoms with E-state index >= 15 is 0 Å². The second-order valence-corrected chi connectivity index (χ2v) is 6.85. The van der Waals surface area contributed by atoms with E-state index in [1.54, 1.807) is 6.07 Å². The zero-order valence-corrected chi connectivity index (χ0v) is 13.5. The lowest BCUT2D eigenvalue weighted by Gasteiger charge is -2.25. The van der Waals surface area contributed by atoms with Crippen LogP contribution in [0.2, 0.25) is 0 Å². The first-order chi connectivity index (χ1) is 11.1. The minimum absolute atomic E-state index is 0.239. The smallest absolute Gasteiger partial charge is 0.250 e. The van der Waals surface area contributed by atoms with Crippen molar-refractivity contribution in [1.29, 1.82) is 0 Å². The SMILES string of the molecule is NC(=O)c1cc(F)c(NC2CCCCC2)cc1NC1CCCC1. The Morgan fingerprint density at radius 1 is 0.913 bits per heavy atom. The Bertz CT molecular complexity index is 564.